The fourth-order valence-electron chi connectivity index (χ4n) is 10.9. The van der Waals surface area contributed by atoms with E-state index in [4.69, 9.17) is 14.2 Å². The van der Waals surface area contributed by atoms with E-state index in [1.165, 1.54) is 35.3 Å². The maximum Gasteiger partial charge on any atom is 0.340 e. The standard InChI is InChI=1S/C38H46O9.C23H25N.ClH/c1-21(2)11-10-18-36(8)19-17-24-29(39)28-30(40)26-12-9-13-27-35(6,7)47-37(34(43)44,20-16-23(5)33(41)42)38(26,27)46-32(28)25(31(24)45-36)15-14-22(3)4;1-19(20-11-5-2-6-12-20)24-18-17-23(21-13-7-3-8-14-21)22-15-9-4-10-16-22;/h11-12,14,16-17,19,27,39H,9-10,13,15,18,20H2,1-8H3,(H,41,42)(H,43,44);2-16,19,23-24H,17-18H2,1H3;1H. The minimum atomic E-state index is -2.16. The molecule has 0 radical (unpaired) electrons. The molecule has 1 saturated heterocycles. The zero-order chi connectivity index (χ0) is 51.3. The van der Waals surface area contributed by atoms with Crippen molar-refractivity contribution in [3.8, 4) is 17.2 Å². The van der Waals surface area contributed by atoms with E-state index in [2.05, 4.69) is 109 Å². The first kappa shape index (κ1) is 55.1. The van der Waals surface area contributed by atoms with Gasteiger partial charge in [0.1, 0.15) is 28.4 Å². The first-order valence-corrected chi connectivity index (χ1v) is 25.0. The van der Waals surface area contributed by atoms with Crippen molar-refractivity contribution in [2.45, 2.75) is 142 Å². The van der Waals surface area contributed by atoms with Crippen LogP contribution in [0.1, 0.15) is 151 Å². The molecule has 0 saturated carbocycles. The quantitative estimate of drug-likeness (QED) is 0.0631. The van der Waals surface area contributed by atoms with Crippen LogP contribution in [0.2, 0.25) is 0 Å². The topological polar surface area (TPSA) is 152 Å². The highest BCUT2D eigenvalue weighted by molar-refractivity contribution is 6.17. The number of hydrogen-bond donors (Lipinski definition) is 4. The van der Waals surface area contributed by atoms with Crippen molar-refractivity contribution in [1.82, 2.24) is 5.32 Å². The lowest BCUT2D eigenvalue weighted by Gasteiger charge is -2.50. The fourth-order valence-corrected chi connectivity index (χ4v) is 10.9. The lowest BCUT2D eigenvalue weighted by Crippen LogP contribution is -2.66. The minimum absolute atomic E-state index is 0. The number of phenols is 1. The number of nitrogens with one attached hydrogen (secondary N) is 1. The summed E-state index contributed by atoms with van der Waals surface area (Å²) >= 11 is 0. The number of fused-ring (bicyclic) bond motifs is 2. The van der Waals surface area contributed by atoms with Crippen LogP contribution in [0.3, 0.4) is 0 Å². The van der Waals surface area contributed by atoms with Gasteiger partial charge < -0.3 is 34.8 Å². The number of aliphatic carboxylic acids is 2. The van der Waals surface area contributed by atoms with Crippen LogP contribution in [-0.2, 0) is 20.7 Å². The Kier molecular flexibility index (Phi) is 17.4. The molecule has 4 aromatic rings. The van der Waals surface area contributed by atoms with Gasteiger partial charge in [-0.3, -0.25) is 4.79 Å². The number of hydrogen-bond acceptors (Lipinski definition) is 8. The second kappa shape index (κ2) is 22.7. The molecule has 0 aromatic heterocycles. The second-order valence-corrected chi connectivity index (χ2v) is 20.7. The maximum atomic E-state index is 14.7. The molecule has 3 aliphatic heterocycles. The summed E-state index contributed by atoms with van der Waals surface area (Å²) in [6, 6.07) is 32.6. The smallest absolute Gasteiger partial charge is 0.340 e. The summed E-state index contributed by atoms with van der Waals surface area (Å²) < 4.78 is 20.2. The summed E-state index contributed by atoms with van der Waals surface area (Å²) in [5.74, 6) is -3.10. The van der Waals surface area contributed by atoms with Gasteiger partial charge in [0.15, 0.2) is 11.4 Å². The molecule has 1 fully saturated rings. The summed E-state index contributed by atoms with van der Waals surface area (Å²) in [6.45, 7) is 18.1. The van der Waals surface area contributed by atoms with Crippen molar-refractivity contribution >= 4 is 36.2 Å². The van der Waals surface area contributed by atoms with Gasteiger partial charge in [-0.1, -0.05) is 126 Å². The third kappa shape index (κ3) is 11.1. The van der Waals surface area contributed by atoms with Crippen molar-refractivity contribution in [2.24, 2.45) is 5.92 Å². The van der Waals surface area contributed by atoms with E-state index in [1.807, 2.05) is 46.8 Å². The van der Waals surface area contributed by atoms with Gasteiger partial charge in [-0.15, -0.1) is 12.4 Å². The number of allylic oxidation sites excluding steroid dienone is 5. The Labute approximate surface area is 432 Å². The van der Waals surface area contributed by atoms with Gasteiger partial charge in [0.25, 0.3) is 0 Å². The first-order chi connectivity index (χ1) is 33.7. The summed E-state index contributed by atoms with van der Waals surface area (Å²) in [5.41, 5.74) is 1.45. The lowest BCUT2D eigenvalue weighted by molar-refractivity contribution is -0.184. The zero-order valence-electron chi connectivity index (χ0n) is 43.2. The average Bonchev–Trinajstić information content (AvgIpc) is 3.55. The molecule has 4 aromatic carbocycles. The third-order valence-electron chi connectivity index (χ3n) is 14.6. The van der Waals surface area contributed by atoms with Crippen LogP contribution in [0.15, 0.2) is 144 Å². The Morgan fingerprint density at radius 1 is 0.806 bits per heavy atom. The predicted molar refractivity (Wildman–Crippen MR) is 287 cm³/mol. The van der Waals surface area contributed by atoms with E-state index >= 15 is 0 Å². The average molecular weight is 999 g/mol. The molecule has 1 aliphatic carbocycles. The first-order valence-electron chi connectivity index (χ1n) is 25.0. The highest BCUT2D eigenvalue weighted by atomic mass is 35.5. The number of phenolic OH excluding ortho intramolecular Hbond substituents is 1. The zero-order valence-corrected chi connectivity index (χ0v) is 44.0. The molecule has 72 heavy (non-hydrogen) atoms. The van der Waals surface area contributed by atoms with Gasteiger partial charge >= 0.3 is 11.9 Å². The number of carbonyl (C=O) groups excluding carboxylic acids is 1. The second-order valence-electron chi connectivity index (χ2n) is 20.7. The van der Waals surface area contributed by atoms with Crippen LogP contribution < -0.4 is 14.8 Å². The molecule has 1 spiro atoms. The lowest BCUT2D eigenvalue weighted by atomic mass is 9.60. The number of ketones is 1. The molecule has 11 heteroatoms. The fraction of sp³-hybridized carbons (Fsp3) is 0.393. The molecule has 0 amide bonds. The monoisotopic (exact) mass is 997 g/mol. The van der Waals surface area contributed by atoms with Crippen LogP contribution in [-0.4, -0.2) is 62.0 Å². The van der Waals surface area contributed by atoms with Crippen LogP contribution >= 0.6 is 12.4 Å². The summed E-state index contributed by atoms with van der Waals surface area (Å²) in [4.78, 5) is 40.0. The van der Waals surface area contributed by atoms with Crippen LogP contribution in [0.4, 0.5) is 0 Å². The van der Waals surface area contributed by atoms with Gasteiger partial charge in [0.2, 0.25) is 5.60 Å². The molecule has 5 unspecified atom stereocenters. The summed E-state index contributed by atoms with van der Waals surface area (Å²) in [6.07, 6.45) is 14.2. The Balaban J connectivity index is 0.000000284. The van der Waals surface area contributed by atoms with Crippen molar-refractivity contribution in [3.63, 3.8) is 0 Å². The van der Waals surface area contributed by atoms with Gasteiger partial charge in [0.05, 0.1) is 11.2 Å². The van der Waals surface area contributed by atoms with E-state index in [9.17, 15) is 29.7 Å². The molecule has 0 bridgehead atoms. The highest BCUT2D eigenvalue weighted by Crippen LogP contribution is 2.64. The number of rotatable bonds is 16. The summed E-state index contributed by atoms with van der Waals surface area (Å²) in [7, 11) is 0. The number of benzene rings is 4. The van der Waals surface area contributed by atoms with Gasteiger partial charge in [-0.25, -0.2) is 9.59 Å². The van der Waals surface area contributed by atoms with E-state index in [0.29, 0.717) is 54.5 Å². The number of carboxylic acid groups (broad SMARTS) is 2. The molecule has 5 atom stereocenters. The SMILES string of the molecule is CC(C)=CCCC1(C)C=Cc2c(O)c3c(c(CC=C(C)C)c2O1)OC12C(=CCCC1C(C)(C)OC2(CC=C(C)C(=O)O)C(=O)O)C3=O.CC(NCCC(c1ccccc1)c1ccccc1)c1ccccc1.Cl. The number of carboxylic acids is 2. The Bertz CT molecular complexity index is 2730. The molecule has 4 N–H and O–H groups in total. The summed E-state index contributed by atoms with van der Waals surface area (Å²) in [5, 5.41) is 36.1. The molecule has 382 valence electrons. The molecule has 10 nitrogen and oxygen atoms in total. The number of Topliss-reactive ketones (excluding diaryl/α,β-unsaturated/α-hetero) is 1. The minimum Gasteiger partial charge on any atom is -0.506 e. The van der Waals surface area contributed by atoms with E-state index in [0.717, 1.165) is 25.0 Å². The molecule has 3 heterocycles. The van der Waals surface area contributed by atoms with Gasteiger partial charge in [-0.05, 0) is 136 Å². The van der Waals surface area contributed by atoms with E-state index < -0.39 is 46.0 Å². The molecule has 8 rings (SSSR count). The molecular weight excluding hydrogens is 926 g/mol. The largest absolute Gasteiger partial charge is 0.506 e. The predicted octanol–water partition coefficient (Wildman–Crippen LogP) is 13.5. The Morgan fingerprint density at radius 3 is 1.94 bits per heavy atom. The van der Waals surface area contributed by atoms with Crippen molar-refractivity contribution < 1.29 is 43.9 Å². The Hall–Kier alpha value is -6.20. The normalized spacial score (nSPS) is 22.6. The van der Waals surface area contributed by atoms with Crippen LogP contribution in [0.5, 0.6) is 17.2 Å². The van der Waals surface area contributed by atoms with Crippen LogP contribution in [0.25, 0.3) is 6.08 Å². The molecule has 4 aliphatic rings. The van der Waals surface area contributed by atoms with E-state index in [-0.39, 0.29) is 47.0 Å². The van der Waals surface area contributed by atoms with E-state index in [1.54, 1.807) is 26.0 Å². The Morgan fingerprint density at radius 2 is 1.39 bits per heavy atom. The number of ether oxygens (including phenoxy) is 3. The van der Waals surface area contributed by atoms with Gasteiger partial charge in [-0.2, -0.15) is 0 Å². The third-order valence-corrected chi connectivity index (χ3v) is 14.6. The van der Waals surface area contributed by atoms with Crippen LogP contribution in [0, 0.1) is 5.92 Å². The number of halogens is 1. The van der Waals surface area contributed by atoms with Crippen molar-refractivity contribution in [2.75, 3.05) is 6.54 Å². The highest BCUT2D eigenvalue weighted by Gasteiger charge is 2.77. The number of aromatic hydroxyl groups is 1. The maximum absolute atomic E-state index is 14.7. The van der Waals surface area contributed by atoms with Gasteiger partial charge in [0, 0.05) is 41.0 Å². The van der Waals surface area contributed by atoms with Crippen molar-refractivity contribution in [1.29, 1.82) is 0 Å². The van der Waals surface area contributed by atoms with Crippen molar-refractivity contribution in [3.05, 3.63) is 177 Å². The molecular formula is C61H72ClNO9. The number of carbonyl (C=O) groups is 3.